The Hall–Kier alpha value is -4.30. The molecular weight excluding hydrogens is 698 g/mol. The second-order valence-electron chi connectivity index (χ2n) is 17.5. The number of nitrogens with one attached hydrogen (secondary N) is 2. The molecule has 53 heavy (non-hydrogen) atoms. The number of benzene rings is 1. The summed E-state index contributed by atoms with van der Waals surface area (Å²) in [4.78, 5) is 49.8. The number of nitrogens with zero attached hydrogens (tertiary/aromatic N) is 3. The fourth-order valence-electron chi connectivity index (χ4n) is 6.13. The zero-order chi connectivity index (χ0) is 39.3. The largest absolute Gasteiger partial charge is 0.446 e. The average molecular weight is 752 g/mol. The zero-order valence-corrected chi connectivity index (χ0v) is 34.1. The summed E-state index contributed by atoms with van der Waals surface area (Å²) in [5, 5.41) is 6.10. The molecule has 1 aliphatic carbocycles. The molecule has 0 unspecified atom stereocenters. The van der Waals surface area contributed by atoms with Crippen LogP contribution in [0.25, 0.3) is 21.9 Å². The molecule has 3 aromatic rings. The fraction of sp³-hybridized carbons (Fsp3) is 0.564. The summed E-state index contributed by atoms with van der Waals surface area (Å²) >= 11 is 0. The number of hydrogen-bond donors (Lipinski definition) is 2. The third-order valence-electron chi connectivity index (χ3n) is 9.76. The maximum absolute atomic E-state index is 16.7. The van der Waals surface area contributed by atoms with Crippen molar-refractivity contribution in [2.24, 2.45) is 0 Å². The Morgan fingerprint density at radius 3 is 2.15 bits per heavy atom. The van der Waals surface area contributed by atoms with Gasteiger partial charge in [0, 0.05) is 48.3 Å². The van der Waals surface area contributed by atoms with Crippen molar-refractivity contribution in [3.8, 4) is 11.1 Å². The van der Waals surface area contributed by atoms with Crippen molar-refractivity contribution in [1.29, 1.82) is 0 Å². The number of rotatable bonds is 6. The van der Waals surface area contributed by atoms with E-state index in [-0.39, 0.29) is 39.7 Å². The summed E-state index contributed by atoms with van der Waals surface area (Å²) in [6.07, 6.45) is 3.26. The predicted octanol–water partition coefficient (Wildman–Crippen LogP) is 9.88. The van der Waals surface area contributed by atoms with Crippen LogP contribution in [0.2, 0.25) is 18.1 Å². The number of pyridine rings is 2. The van der Waals surface area contributed by atoms with E-state index in [4.69, 9.17) is 18.6 Å². The molecule has 1 aromatic carbocycles. The molecule has 0 atom stereocenters. The second kappa shape index (κ2) is 14.5. The molecule has 5 rings (SSSR count). The highest BCUT2D eigenvalue weighted by Crippen LogP contribution is 2.42. The molecule has 3 heterocycles. The quantitative estimate of drug-likeness (QED) is 0.186. The van der Waals surface area contributed by atoms with Gasteiger partial charge < -0.3 is 18.6 Å². The van der Waals surface area contributed by atoms with Crippen LogP contribution >= 0.6 is 0 Å². The first-order valence-electron chi connectivity index (χ1n) is 18.2. The van der Waals surface area contributed by atoms with Crippen molar-refractivity contribution < 1.29 is 37.4 Å². The summed E-state index contributed by atoms with van der Waals surface area (Å²) in [6.45, 7) is 23.7. The molecular formula is C39H54FN5O7Si. The number of carbonyl (C=O) groups excluding carboxylic acids is 3. The molecule has 0 bridgehead atoms. The highest BCUT2D eigenvalue weighted by Gasteiger charge is 2.43. The van der Waals surface area contributed by atoms with E-state index in [2.05, 4.69) is 54.5 Å². The van der Waals surface area contributed by atoms with Gasteiger partial charge in [-0.25, -0.2) is 23.8 Å². The number of amides is 3. The molecule has 2 aromatic heterocycles. The number of fused-ring (bicyclic) bond motifs is 2. The Labute approximate surface area is 312 Å². The van der Waals surface area contributed by atoms with Gasteiger partial charge >= 0.3 is 18.3 Å². The molecule has 1 aliphatic heterocycles. The molecule has 2 aliphatic rings. The van der Waals surface area contributed by atoms with Crippen LogP contribution in [0.1, 0.15) is 92.8 Å². The summed E-state index contributed by atoms with van der Waals surface area (Å²) in [6, 6.07) is 3.19. The molecule has 1 saturated carbocycles. The molecule has 14 heteroatoms. The van der Waals surface area contributed by atoms with Crippen molar-refractivity contribution in [1.82, 2.24) is 9.97 Å². The van der Waals surface area contributed by atoms with Crippen LogP contribution in [0.15, 0.2) is 24.5 Å². The normalized spacial score (nSPS) is 17.8. The van der Waals surface area contributed by atoms with Gasteiger partial charge in [-0.2, -0.15) is 0 Å². The summed E-state index contributed by atoms with van der Waals surface area (Å²) in [7, 11) is -1.94. The standard InChI is InChI=1S/C39H54FN5O7Si/c1-22-27(20-41-29-14-13-15-45(33(22)29)36(48)51-38(5,6)7)26-16-23-17-30(42-21-28(23)32(31(26)40)44-35(47)50-37(2,3)4)43-34(46)49-24-18-25(19-24)52-53(11,12)39(8,9)10/h16-17,20-21,24-25H,13-15,18-19H2,1-12H3,(H,44,47)(H,42,43,46). The molecule has 0 saturated heterocycles. The van der Waals surface area contributed by atoms with Crippen LogP contribution in [0, 0.1) is 12.7 Å². The molecule has 3 amide bonds. The molecule has 2 N–H and O–H groups in total. The van der Waals surface area contributed by atoms with Crippen molar-refractivity contribution in [3.63, 3.8) is 0 Å². The van der Waals surface area contributed by atoms with Crippen LogP contribution < -0.4 is 15.5 Å². The Morgan fingerprint density at radius 2 is 1.53 bits per heavy atom. The van der Waals surface area contributed by atoms with E-state index in [1.807, 2.05) is 0 Å². The number of carbonyl (C=O) groups is 3. The first-order valence-corrected chi connectivity index (χ1v) is 21.1. The number of hydrogen-bond acceptors (Lipinski definition) is 9. The Bertz CT molecular complexity index is 1910. The van der Waals surface area contributed by atoms with Crippen LogP contribution in [0.4, 0.5) is 36.0 Å². The number of anilines is 3. The van der Waals surface area contributed by atoms with Gasteiger partial charge in [0.1, 0.15) is 23.1 Å². The van der Waals surface area contributed by atoms with Gasteiger partial charge in [0.25, 0.3) is 0 Å². The van der Waals surface area contributed by atoms with Gasteiger partial charge in [0.15, 0.2) is 14.1 Å². The fourth-order valence-corrected chi connectivity index (χ4v) is 7.50. The monoisotopic (exact) mass is 751 g/mol. The minimum Gasteiger partial charge on any atom is -0.446 e. The van der Waals surface area contributed by atoms with E-state index in [9.17, 15) is 14.4 Å². The van der Waals surface area contributed by atoms with E-state index in [1.165, 1.54) is 6.20 Å². The lowest BCUT2D eigenvalue weighted by Crippen LogP contribution is -2.49. The maximum Gasteiger partial charge on any atom is 0.414 e. The molecule has 1 fully saturated rings. The Morgan fingerprint density at radius 1 is 0.868 bits per heavy atom. The Balaban J connectivity index is 1.47. The molecule has 0 spiro atoms. The van der Waals surface area contributed by atoms with E-state index >= 15 is 4.39 Å². The summed E-state index contributed by atoms with van der Waals surface area (Å²) in [5.41, 5.74) is 0.708. The zero-order valence-electron chi connectivity index (χ0n) is 33.1. The van der Waals surface area contributed by atoms with Crippen molar-refractivity contribution in [2.45, 2.75) is 136 Å². The molecule has 12 nitrogen and oxygen atoms in total. The SMILES string of the molecule is Cc1c(-c2cc3cc(NC(=O)OC4CC(O[Si](C)(C)C(C)(C)C)C4)ncc3c(NC(=O)OC(C)(C)C)c2F)cnc2c1N(C(=O)OC(C)(C)C)CCC2. The maximum atomic E-state index is 16.7. The van der Waals surface area contributed by atoms with Gasteiger partial charge in [0.05, 0.1) is 23.2 Å². The Kier molecular flexibility index (Phi) is 10.9. The lowest BCUT2D eigenvalue weighted by Gasteiger charge is -2.44. The first kappa shape index (κ1) is 39.9. The van der Waals surface area contributed by atoms with Crippen LogP contribution in [0.3, 0.4) is 0 Å². The van der Waals surface area contributed by atoms with Crippen LogP contribution in [-0.2, 0) is 25.1 Å². The van der Waals surface area contributed by atoms with Crippen molar-refractivity contribution >= 4 is 54.6 Å². The summed E-state index contributed by atoms with van der Waals surface area (Å²) < 4.78 is 40.0. The van der Waals surface area contributed by atoms with E-state index < -0.39 is 43.6 Å². The number of ether oxygens (including phenoxy) is 3. The predicted molar refractivity (Wildman–Crippen MR) is 207 cm³/mol. The van der Waals surface area contributed by atoms with Gasteiger partial charge in [0.2, 0.25) is 0 Å². The lowest BCUT2D eigenvalue weighted by molar-refractivity contribution is -0.0243. The highest BCUT2D eigenvalue weighted by molar-refractivity contribution is 6.74. The van der Waals surface area contributed by atoms with E-state index in [0.29, 0.717) is 60.1 Å². The van der Waals surface area contributed by atoms with Crippen LogP contribution in [0.5, 0.6) is 0 Å². The van der Waals surface area contributed by atoms with E-state index in [0.717, 1.165) is 0 Å². The first-order chi connectivity index (χ1) is 24.4. The van der Waals surface area contributed by atoms with Crippen molar-refractivity contribution in [3.05, 3.63) is 41.6 Å². The smallest absolute Gasteiger partial charge is 0.414 e. The number of aryl methyl sites for hydroxylation is 1. The van der Waals surface area contributed by atoms with E-state index in [1.54, 1.807) is 71.7 Å². The number of aromatic nitrogens is 2. The minimum atomic E-state index is -1.94. The molecule has 0 radical (unpaired) electrons. The lowest BCUT2D eigenvalue weighted by atomic mass is 9.92. The summed E-state index contributed by atoms with van der Waals surface area (Å²) in [5.74, 6) is -0.567. The third-order valence-corrected chi connectivity index (χ3v) is 14.3. The van der Waals surface area contributed by atoms with Crippen molar-refractivity contribution in [2.75, 3.05) is 22.1 Å². The van der Waals surface area contributed by atoms with Gasteiger partial charge in [-0.15, -0.1) is 0 Å². The highest BCUT2D eigenvalue weighted by atomic mass is 28.4. The second-order valence-corrected chi connectivity index (χ2v) is 22.2. The van der Waals surface area contributed by atoms with Gasteiger partial charge in [-0.1, -0.05) is 20.8 Å². The number of halogens is 1. The third kappa shape index (κ3) is 9.26. The van der Waals surface area contributed by atoms with Gasteiger partial charge in [-0.3, -0.25) is 20.5 Å². The van der Waals surface area contributed by atoms with Gasteiger partial charge in [-0.05, 0) is 103 Å². The minimum absolute atomic E-state index is 0.0504. The molecule has 288 valence electrons. The van der Waals surface area contributed by atoms with Crippen LogP contribution in [-0.4, -0.2) is 66.5 Å². The average Bonchev–Trinajstić information content (AvgIpc) is 2.99. The topological polar surface area (TPSA) is 141 Å².